The molecular formula is C10H13N2O2. The third-order valence-corrected chi connectivity index (χ3v) is 1.82. The number of rotatable bonds is 5. The molecule has 1 aromatic heterocycles. The second-order valence-electron chi connectivity index (χ2n) is 2.88. The van der Waals surface area contributed by atoms with Crippen LogP contribution in [0.15, 0.2) is 18.3 Å². The van der Waals surface area contributed by atoms with Crippen LogP contribution in [-0.2, 0) is 6.42 Å². The van der Waals surface area contributed by atoms with Crippen molar-refractivity contribution in [3.63, 3.8) is 0 Å². The number of aliphatic hydroxyl groups excluding tert-OH is 1. The number of carbonyl (C=O) groups excluding carboxylic acids is 1. The van der Waals surface area contributed by atoms with E-state index in [1.165, 1.54) is 6.20 Å². The van der Waals surface area contributed by atoms with E-state index >= 15 is 0 Å². The highest BCUT2D eigenvalue weighted by molar-refractivity contribution is 5.92. The van der Waals surface area contributed by atoms with Gasteiger partial charge in [0.1, 0.15) is 5.69 Å². The van der Waals surface area contributed by atoms with Gasteiger partial charge >= 0.3 is 0 Å². The lowest BCUT2D eigenvalue weighted by Gasteiger charge is -2.03. The zero-order valence-corrected chi connectivity index (χ0v) is 7.81. The average Bonchev–Trinajstić information content (AvgIpc) is 2.19. The molecule has 1 heterocycles. The molecule has 1 rings (SSSR count). The van der Waals surface area contributed by atoms with Gasteiger partial charge < -0.3 is 10.8 Å². The van der Waals surface area contributed by atoms with Crippen molar-refractivity contribution in [3.8, 4) is 0 Å². The van der Waals surface area contributed by atoms with Crippen LogP contribution in [-0.4, -0.2) is 22.6 Å². The smallest absolute Gasteiger partial charge is 0.267 e. The fraction of sp³-hybridized carbons (Fsp3) is 0.300. The maximum absolute atomic E-state index is 11.0. The van der Waals surface area contributed by atoms with E-state index in [1.54, 1.807) is 12.1 Å². The van der Waals surface area contributed by atoms with E-state index in [9.17, 15) is 4.79 Å². The number of hydrogen-bond acceptors (Lipinski definition) is 3. The van der Waals surface area contributed by atoms with Crippen LogP contribution in [0.25, 0.3) is 0 Å². The first kappa shape index (κ1) is 10.7. The predicted molar refractivity (Wildman–Crippen MR) is 52.5 cm³/mol. The standard InChI is InChI=1S/C10H13N2O2/c11-10(14)9-8(4-1-2-7-13)5-3-6-12-9/h1,3,5-6,13H,2,4,7H2,(H2,11,14). The van der Waals surface area contributed by atoms with Crippen LogP contribution < -0.4 is 5.73 Å². The number of nitrogens with two attached hydrogens (primary N) is 1. The lowest BCUT2D eigenvalue weighted by atomic mass is 10.1. The van der Waals surface area contributed by atoms with Crippen molar-refractivity contribution in [2.24, 2.45) is 5.73 Å². The van der Waals surface area contributed by atoms with Crippen molar-refractivity contribution in [1.82, 2.24) is 4.98 Å². The summed E-state index contributed by atoms with van der Waals surface area (Å²) >= 11 is 0. The Morgan fingerprint density at radius 3 is 3.07 bits per heavy atom. The van der Waals surface area contributed by atoms with E-state index in [4.69, 9.17) is 10.8 Å². The second-order valence-corrected chi connectivity index (χ2v) is 2.88. The van der Waals surface area contributed by atoms with Crippen LogP contribution in [0.4, 0.5) is 0 Å². The van der Waals surface area contributed by atoms with Gasteiger partial charge in [-0.1, -0.05) is 6.07 Å². The number of aromatic nitrogens is 1. The summed E-state index contributed by atoms with van der Waals surface area (Å²) in [6.07, 6.45) is 4.64. The lowest BCUT2D eigenvalue weighted by Crippen LogP contribution is -2.15. The van der Waals surface area contributed by atoms with E-state index in [1.807, 2.05) is 6.42 Å². The Morgan fingerprint density at radius 1 is 1.64 bits per heavy atom. The van der Waals surface area contributed by atoms with Crippen molar-refractivity contribution in [2.45, 2.75) is 12.8 Å². The molecule has 0 aliphatic carbocycles. The summed E-state index contributed by atoms with van der Waals surface area (Å²) in [6.45, 7) is 0.117. The Labute approximate surface area is 82.8 Å². The number of hydrogen-bond donors (Lipinski definition) is 2. The number of aliphatic hydroxyl groups is 1. The van der Waals surface area contributed by atoms with Crippen molar-refractivity contribution in [3.05, 3.63) is 36.0 Å². The highest BCUT2D eigenvalue weighted by atomic mass is 16.2. The van der Waals surface area contributed by atoms with Gasteiger partial charge in [0.05, 0.1) is 0 Å². The summed E-state index contributed by atoms with van der Waals surface area (Å²) in [5.74, 6) is -0.516. The molecular weight excluding hydrogens is 180 g/mol. The second kappa shape index (κ2) is 5.34. The molecule has 0 saturated heterocycles. The topological polar surface area (TPSA) is 76.2 Å². The average molecular weight is 193 g/mol. The largest absolute Gasteiger partial charge is 0.396 e. The number of unbranched alkanes of at least 4 members (excludes halogenated alkanes) is 1. The van der Waals surface area contributed by atoms with Gasteiger partial charge in [0.2, 0.25) is 0 Å². The molecule has 0 aliphatic heterocycles. The number of nitrogens with zero attached hydrogens (tertiary/aromatic N) is 1. The van der Waals surface area contributed by atoms with Gasteiger partial charge in [0.15, 0.2) is 0 Å². The highest BCUT2D eigenvalue weighted by Gasteiger charge is 2.07. The molecule has 0 unspecified atom stereocenters. The lowest BCUT2D eigenvalue weighted by molar-refractivity contribution is 0.0994. The van der Waals surface area contributed by atoms with Crippen molar-refractivity contribution >= 4 is 5.91 Å². The van der Waals surface area contributed by atoms with E-state index < -0.39 is 5.91 Å². The minimum absolute atomic E-state index is 0.117. The molecule has 0 saturated carbocycles. The monoisotopic (exact) mass is 193 g/mol. The summed E-state index contributed by atoms with van der Waals surface area (Å²) in [5.41, 5.74) is 6.26. The molecule has 0 aliphatic rings. The fourth-order valence-corrected chi connectivity index (χ4v) is 1.17. The molecule has 4 nitrogen and oxygen atoms in total. The number of primary amides is 1. The first-order chi connectivity index (χ1) is 6.75. The zero-order valence-electron chi connectivity index (χ0n) is 7.81. The van der Waals surface area contributed by atoms with Gasteiger partial charge in [-0.05, 0) is 30.9 Å². The van der Waals surface area contributed by atoms with E-state index in [0.29, 0.717) is 18.5 Å². The maximum atomic E-state index is 11.0. The minimum atomic E-state index is -0.516. The van der Waals surface area contributed by atoms with Crippen LogP contribution in [0, 0.1) is 6.42 Å². The summed E-state index contributed by atoms with van der Waals surface area (Å²) in [5, 5.41) is 8.58. The Bertz CT molecular complexity index is 313. The molecule has 0 atom stereocenters. The molecule has 1 amide bonds. The molecule has 0 bridgehead atoms. The molecule has 0 fully saturated rings. The quantitative estimate of drug-likeness (QED) is 0.661. The molecule has 0 spiro atoms. The molecule has 4 heteroatoms. The van der Waals surface area contributed by atoms with E-state index in [0.717, 1.165) is 5.56 Å². The first-order valence-electron chi connectivity index (χ1n) is 4.42. The summed E-state index contributed by atoms with van der Waals surface area (Å²) in [7, 11) is 0. The van der Waals surface area contributed by atoms with Crippen molar-refractivity contribution in [2.75, 3.05) is 6.61 Å². The number of carbonyl (C=O) groups is 1. The molecule has 0 aromatic carbocycles. The van der Waals surface area contributed by atoms with E-state index in [2.05, 4.69) is 4.98 Å². The number of amides is 1. The highest BCUT2D eigenvalue weighted by Crippen LogP contribution is 2.07. The van der Waals surface area contributed by atoms with Crippen LogP contribution in [0.3, 0.4) is 0 Å². The van der Waals surface area contributed by atoms with Crippen molar-refractivity contribution in [1.29, 1.82) is 0 Å². The maximum Gasteiger partial charge on any atom is 0.267 e. The van der Waals surface area contributed by atoms with Crippen LogP contribution in [0.1, 0.15) is 22.5 Å². The summed E-state index contributed by atoms with van der Waals surface area (Å²) < 4.78 is 0. The van der Waals surface area contributed by atoms with Gasteiger partial charge in [-0.3, -0.25) is 9.78 Å². The fourth-order valence-electron chi connectivity index (χ4n) is 1.17. The predicted octanol–water partition coefficient (Wildman–Crippen LogP) is 0.310. The third kappa shape index (κ3) is 2.81. The Balaban J connectivity index is 2.69. The Hall–Kier alpha value is -1.42. The minimum Gasteiger partial charge on any atom is -0.396 e. The number of pyridine rings is 1. The first-order valence-corrected chi connectivity index (χ1v) is 4.42. The molecule has 75 valence electrons. The Kier molecular flexibility index (Phi) is 4.07. The molecule has 1 aromatic rings. The van der Waals surface area contributed by atoms with Crippen LogP contribution in [0.5, 0.6) is 0 Å². The molecule has 1 radical (unpaired) electrons. The van der Waals surface area contributed by atoms with Gasteiger partial charge in [-0.15, -0.1) is 0 Å². The van der Waals surface area contributed by atoms with Gasteiger partial charge in [0.25, 0.3) is 5.91 Å². The van der Waals surface area contributed by atoms with Gasteiger partial charge in [0, 0.05) is 12.8 Å². The van der Waals surface area contributed by atoms with Crippen LogP contribution in [0.2, 0.25) is 0 Å². The van der Waals surface area contributed by atoms with Crippen molar-refractivity contribution < 1.29 is 9.90 Å². The summed E-state index contributed by atoms with van der Waals surface area (Å²) in [6, 6.07) is 3.57. The van der Waals surface area contributed by atoms with Gasteiger partial charge in [-0.2, -0.15) is 0 Å². The SMILES string of the molecule is NC(=O)c1ncccc1C[CH]CCO. The zero-order chi connectivity index (χ0) is 10.4. The summed E-state index contributed by atoms with van der Waals surface area (Å²) in [4.78, 5) is 14.9. The Morgan fingerprint density at radius 2 is 2.43 bits per heavy atom. The normalized spacial score (nSPS) is 10.1. The van der Waals surface area contributed by atoms with E-state index in [-0.39, 0.29) is 6.61 Å². The van der Waals surface area contributed by atoms with Gasteiger partial charge in [-0.25, -0.2) is 0 Å². The molecule has 3 N–H and O–H groups in total. The molecule has 14 heavy (non-hydrogen) atoms. The third-order valence-electron chi connectivity index (χ3n) is 1.82. The van der Waals surface area contributed by atoms with Crippen LogP contribution >= 0.6 is 0 Å².